The van der Waals surface area contributed by atoms with Gasteiger partial charge in [0.25, 0.3) is 5.69 Å². The molecule has 0 aliphatic heterocycles. The molecule has 0 fully saturated rings. The van der Waals surface area contributed by atoms with Crippen molar-refractivity contribution in [3.8, 4) is 0 Å². The predicted octanol–water partition coefficient (Wildman–Crippen LogP) is 1.52. The van der Waals surface area contributed by atoms with Crippen LogP contribution in [-0.4, -0.2) is 28.9 Å². The van der Waals surface area contributed by atoms with E-state index in [1.165, 1.54) is 12.4 Å². The van der Waals surface area contributed by atoms with E-state index in [0.717, 1.165) is 0 Å². The molecule has 0 spiro atoms. The summed E-state index contributed by atoms with van der Waals surface area (Å²) in [5, 5.41) is 10.6. The van der Waals surface area contributed by atoms with Crippen molar-refractivity contribution < 1.29 is 4.92 Å². The van der Waals surface area contributed by atoms with Crippen molar-refractivity contribution >= 4 is 11.8 Å². The van der Waals surface area contributed by atoms with Crippen molar-refractivity contribution in [2.75, 3.05) is 14.1 Å². The number of nitro groups is 1. The van der Waals surface area contributed by atoms with Gasteiger partial charge in [0.1, 0.15) is 6.20 Å². The van der Waals surface area contributed by atoms with Gasteiger partial charge in [0.15, 0.2) is 0 Å². The number of hydrogen-bond donors (Lipinski definition) is 0. The van der Waals surface area contributed by atoms with E-state index in [0.29, 0.717) is 5.56 Å². The fraction of sp³-hybridized carbons (Fsp3) is 0.222. The molecular formula is C9H11N3O2. The molecule has 0 atom stereocenters. The highest BCUT2D eigenvalue weighted by atomic mass is 16.6. The highest BCUT2D eigenvalue weighted by Gasteiger charge is 2.09. The Hall–Kier alpha value is -1.91. The lowest BCUT2D eigenvalue weighted by Gasteiger charge is -2.03. The second kappa shape index (κ2) is 4.36. The number of hydrogen-bond acceptors (Lipinski definition) is 4. The van der Waals surface area contributed by atoms with Crippen LogP contribution in [0.4, 0.5) is 5.69 Å². The van der Waals surface area contributed by atoms with Gasteiger partial charge < -0.3 is 4.90 Å². The topological polar surface area (TPSA) is 59.3 Å². The summed E-state index contributed by atoms with van der Waals surface area (Å²) in [4.78, 5) is 15.7. The Labute approximate surface area is 81.8 Å². The second-order valence-corrected chi connectivity index (χ2v) is 2.97. The van der Waals surface area contributed by atoms with E-state index in [4.69, 9.17) is 0 Å². The molecule has 0 N–H and O–H groups in total. The van der Waals surface area contributed by atoms with Gasteiger partial charge in [-0.15, -0.1) is 0 Å². The molecule has 1 aromatic heterocycles. The monoisotopic (exact) mass is 193 g/mol. The smallest absolute Gasteiger partial charge is 0.294 e. The van der Waals surface area contributed by atoms with Crippen LogP contribution in [-0.2, 0) is 0 Å². The van der Waals surface area contributed by atoms with E-state index >= 15 is 0 Å². The lowest BCUT2D eigenvalue weighted by molar-refractivity contribution is -0.385. The first-order valence-electron chi connectivity index (χ1n) is 4.04. The zero-order valence-electron chi connectivity index (χ0n) is 8.04. The van der Waals surface area contributed by atoms with Crippen LogP contribution in [0.25, 0.3) is 6.08 Å². The number of rotatable bonds is 3. The zero-order valence-corrected chi connectivity index (χ0v) is 8.04. The molecule has 0 bridgehead atoms. The standard InChI is InChI=1S/C9H11N3O2/c1-11(2)6-4-8-3-5-10-7-9(8)12(13)14/h3-7H,1-2H3/b6-4+. The Morgan fingerprint density at radius 3 is 2.86 bits per heavy atom. The van der Waals surface area contributed by atoms with Crippen LogP contribution in [0.2, 0.25) is 0 Å². The molecule has 0 aliphatic rings. The average molecular weight is 193 g/mol. The minimum Gasteiger partial charge on any atom is -0.383 e. The van der Waals surface area contributed by atoms with Crippen LogP contribution < -0.4 is 0 Å². The predicted molar refractivity (Wildman–Crippen MR) is 53.6 cm³/mol. The SMILES string of the molecule is CN(C)/C=C/c1ccncc1[N+](=O)[O-]. The maximum absolute atomic E-state index is 10.6. The third-order valence-electron chi connectivity index (χ3n) is 1.58. The summed E-state index contributed by atoms with van der Waals surface area (Å²) in [6, 6.07) is 1.61. The molecule has 14 heavy (non-hydrogen) atoms. The third-order valence-corrected chi connectivity index (χ3v) is 1.58. The van der Waals surface area contributed by atoms with Crippen molar-refractivity contribution in [3.05, 3.63) is 40.3 Å². The number of nitrogens with zero attached hydrogens (tertiary/aromatic N) is 3. The van der Waals surface area contributed by atoms with E-state index in [1.807, 2.05) is 19.0 Å². The van der Waals surface area contributed by atoms with Crippen molar-refractivity contribution in [2.45, 2.75) is 0 Å². The second-order valence-electron chi connectivity index (χ2n) is 2.97. The molecule has 0 aromatic carbocycles. The van der Waals surface area contributed by atoms with Crippen molar-refractivity contribution in [1.29, 1.82) is 0 Å². The van der Waals surface area contributed by atoms with Crippen LogP contribution >= 0.6 is 0 Å². The van der Waals surface area contributed by atoms with Crippen LogP contribution in [0.15, 0.2) is 24.7 Å². The molecular weight excluding hydrogens is 182 g/mol. The van der Waals surface area contributed by atoms with Crippen LogP contribution in [0.5, 0.6) is 0 Å². The molecule has 0 saturated heterocycles. The number of pyridine rings is 1. The summed E-state index contributed by atoms with van der Waals surface area (Å²) >= 11 is 0. The van der Waals surface area contributed by atoms with Gasteiger partial charge in [0, 0.05) is 20.3 Å². The molecule has 0 amide bonds. The summed E-state index contributed by atoms with van der Waals surface area (Å²) in [7, 11) is 3.70. The summed E-state index contributed by atoms with van der Waals surface area (Å²) in [6.45, 7) is 0. The van der Waals surface area contributed by atoms with Gasteiger partial charge in [0.2, 0.25) is 0 Å². The first-order chi connectivity index (χ1) is 6.61. The molecule has 1 rings (SSSR count). The summed E-state index contributed by atoms with van der Waals surface area (Å²) in [6.07, 6.45) is 6.21. The van der Waals surface area contributed by atoms with Crippen molar-refractivity contribution in [2.24, 2.45) is 0 Å². The quantitative estimate of drug-likeness (QED) is 0.539. The van der Waals surface area contributed by atoms with Crippen molar-refractivity contribution in [1.82, 2.24) is 9.88 Å². The molecule has 5 nitrogen and oxygen atoms in total. The fourth-order valence-corrected chi connectivity index (χ4v) is 0.920. The minimum atomic E-state index is -0.442. The highest BCUT2D eigenvalue weighted by molar-refractivity contribution is 5.59. The summed E-state index contributed by atoms with van der Waals surface area (Å²) < 4.78 is 0. The summed E-state index contributed by atoms with van der Waals surface area (Å²) in [5.41, 5.74) is 0.573. The van der Waals surface area contributed by atoms with Gasteiger partial charge in [0.05, 0.1) is 10.5 Å². The van der Waals surface area contributed by atoms with E-state index in [9.17, 15) is 10.1 Å². The molecule has 0 saturated carbocycles. The lowest BCUT2D eigenvalue weighted by atomic mass is 10.2. The molecule has 0 radical (unpaired) electrons. The van der Waals surface area contributed by atoms with Crippen molar-refractivity contribution in [3.63, 3.8) is 0 Å². The molecule has 74 valence electrons. The van der Waals surface area contributed by atoms with Gasteiger partial charge >= 0.3 is 0 Å². The van der Waals surface area contributed by atoms with E-state index < -0.39 is 4.92 Å². The maximum atomic E-state index is 10.6. The van der Waals surface area contributed by atoms with Gasteiger partial charge in [-0.2, -0.15) is 0 Å². The van der Waals surface area contributed by atoms with E-state index in [2.05, 4.69) is 4.98 Å². The maximum Gasteiger partial charge on any atom is 0.294 e. The Morgan fingerprint density at radius 1 is 1.57 bits per heavy atom. The van der Waals surface area contributed by atoms with Crippen LogP contribution in [0.3, 0.4) is 0 Å². The molecule has 1 aromatic rings. The zero-order chi connectivity index (χ0) is 10.6. The Morgan fingerprint density at radius 2 is 2.29 bits per heavy atom. The Balaban J connectivity index is 3.02. The van der Waals surface area contributed by atoms with Crippen LogP contribution in [0.1, 0.15) is 5.56 Å². The molecule has 5 heteroatoms. The van der Waals surface area contributed by atoms with Gasteiger partial charge in [-0.3, -0.25) is 15.1 Å². The normalized spacial score (nSPS) is 10.4. The molecule has 0 aliphatic carbocycles. The highest BCUT2D eigenvalue weighted by Crippen LogP contribution is 2.17. The van der Waals surface area contributed by atoms with Gasteiger partial charge in [-0.25, -0.2) is 0 Å². The largest absolute Gasteiger partial charge is 0.383 e. The Kier molecular flexibility index (Phi) is 3.17. The Bertz CT molecular complexity index is 361. The van der Waals surface area contributed by atoms with Gasteiger partial charge in [-0.05, 0) is 18.3 Å². The lowest BCUT2D eigenvalue weighted by Crippen LogP contribution is -2.00. The number of aromatic nitrogens is 1. The first kappa shape index (κ1) is 10.2. The van der Waals surface area contributed by atoms with Crippen LogP contribution in [0, 0.1) is 10.1 Å². The molecule has 1 heterocycles. The fourth-order valence-electron chi connectivity index (χ4n) is 0.920. The first-order valence-corrected chi connectivity index (χ1v) is 4.04. The van der Waals surface area contributed by atoms with E-state index in [1.54, 1.807) is 18.3 Å². The summed E-state index contributed by atoms with van der Waals surface area (Å²) in [5.74, 6) is 0. The average Bonchev–Trinajstić information content (AvgIpc) is 2.15. The third kappa shape index (κ3) is 2.55. The molecule has 0 unspecified atom stereocenters. The minimum absolute atomic E-state index is 0.0191. The van der Waals surface area contributed by atoms with E-state index in [-0.39, 0.29) is 5.69 Å². The van der Waals surface area contributed by atoms with Gasteiger partial charge in [-0.1, -0.05) is 0 Å².